The third-order valence-electron chi connectivity index (χ3n) is 14.8. The zero-order valence-corrected chi connectivity index (χ0v) is 54.0. The number of nitrogens with one attached hydrogen (secondary N) is 2. The molecule has 11 aromatic rings. The molecule has 0 saturated carbocycles. The Bertz CT molecular complexity index is 4600. The number of amides is 4. The number of nitrogens with two attached hydrogens (primary N) is 1. The maximum atomic E-state index is 13.7. The predicted octanol–water partition coefficient (Wildman–Crippen LogP) is 16.4. The first kappa shape index (κ1) is 65.2. The Labute approximate surface area is 552 Å². The molecule has 22 heteroatoms. The maximum Gasteiger partial charge on any atom is 0.425 e. The maximum absolute atomic E-state index is 13.7. The fourth-order valence-electron chi connectivity index (χ4n) is 10.7. The average molecular weight is 1300 g/mol. The van der Waals surface area contributed by atoms with E-state index in [1.165, 1.54) is 12.7 Å². The minimum Gasteiger partial charge on any atom is -0.457 e. The fourth-order valence-corrected chi connectivity index (χ4v) is 10.8. The second-order valence-electron chi connectivity index (χ2n) is 24.0. The van der Waals surface area contributed by atoms with E-state index in [1.807, 2.05) is 115 Å². The third kappa shape index (κ3) is 15.1. The van der Waals surface area contributed by atoms with E-state index in [9.17, 15) is 24.0 Å². The van der Waals surface area contributed by atoms with Gasteiger partial charge in [-0.1, -0.05) is 78.9 Å². The quantitative estimate of drug-likeness (QED) is 0.0961. The van der Waals surface area contributed by atoms with E-state index in [0.29, 0.717) is 80.2 Å². The second-order valence-corrected chi connectivity index (χ2v) is 24.3. The number of fused-ring (bicyclic) bond motifs is 6. The summed E-state index contributed by atoms with van der Waals surface area (Å²) < 4.78 is 39.3. The number of anilines is 4. The van der Waals surface area contributed by atoms with Crippen LogP contribution in [0.2, 0.25) is 0 Å². The molecule has 0 spiro atoms. The van der Waals surface area contributed by atoms with E-state index in [2.05, 4.69) is 35.1 Å². The number of imide groups is 1. The standard InChI is InChI=1S/C38H39N5O7.C28H23N5O3.C7H5ClO/c1-23-30-29(21-47-23)42(32-31(30)39-22-40-33(32)43(35(45)49-37(2,3)4)36(46)50-38(5,6)7)26-16-18-27(19-17-26)48-28-15-11-14-25(20-28)41-34(44)24-12-9-8-10-13-24;1-17-24-23(15-35-17)33(26-25(24)30-16-31-27(26)29)20-10-12-21(13-11-20)36-22-9-5-8-19(14-22)32-28(34)18-6-3-2-4-7-18;8-7(9)6-4-2-1-3-5-6/h8-20,22-23H,21H2,1-7H3,(H,41,44);2-14,16-17H,15H2,1H3,(H,32,34)(H2,29,30,31);1-5H. The lowest BCUT2D eigenvalue weighted by Crippen LogP contribution is -2.44. The van der Waals surface area contributed by atoms with Gasteiger partial charge in [0.05, 0.1) is 36.8 Å². The molecule has 2 aliphatic heterocycles. The lowest BCUT2D eigenvalue weighted by atomic mass is 10.1. The van der Waals surface area contributed by atoms with Crippen LogP contribution in [-0.4, -0.2) is 69.5 Å². The highest BCUT2D eigenvalue weighted by Gasteiger charge is 2.39. The van der Waals surface area contributed by atoms with Crippen LogP contribution in [0.3, 0.4) is 0 Å². The van der Waals surface area contributed by atoms with Crippen LogP contribution in [0, 0.1) is 0 Å². The number of benzene rings is 7. The third-order valence-corrected chi connectivity index (χ3v) is 15.0. The topological polar surface area (TPSA) is 255 Å². The van der Waals surface area contributed by atoms with Gasteiger partial charge in [0.15, 0.2) is 11.6 Å². The summed E-state index contributed by atoms with van der Waals surface area (Å²) in [6.07, 6.45) is 0.564. The number of hydrogen-bond donors (Lipinski definition) is 3. The summed E-state index contributed by atoms with van der Waals surface area (Å²) in [4.78, 5) is 81.4. The molecular weight excluding hydrogens is 1230 g/mol. The van der Waals surface area contributed by atoms with Crippen molar-refractivity contribution < 1.29 is 52.4 Å². The van der Waals surface area contributed by atoms with Gasteiger partial charge in [0.25, 0.3) is 17.1 Å². The summed E-state index contributed by atoms with van der Waals surface area (Å²) in [5.74, 6) is 2.37. The Morgan fingerprint density at radius 2 is 0.905 bits per heavy atom. The predicted molar refractivity (Wildman–Crippen MR) is 362 cm³/mol. The van der Waals surface area contributed by atoms with E-state index in [0.717, 1.165) is 44.1 Å². The number of halogens is 1. The highest BCUT2D eigenvalue weighted by atomic mass is 35.5. The highest BCUT2D eigenvalue weighted by Crippen LogP contribution is 2.44. The van der Waals surface area contributed by atoms with E-state index in [4.69, 9.17) is 45.8 Å². The van der Waals surface area contributed by atoms with Crippen molar-refractivity contribution in [1.82, 2.24) is 29.1 Å². The lowest BCUT2D eigenvalue weighted by Gasteiger charge is -2.28. The van der Waals surface area contributed by atoms with Gasteiger partial charge in [0, 0.05) is 62.7 Å². The van der Waals surface area contributed by atoms with Crippen LogP contribution < -0.4 is 30.7 Å². The van der Waals surface area contributed by atoms with Crippen molar-refractivity contribution >= 4 is 85.9 Å². The Morgan fingerprint density at radius 3 is 1.32 bits per heavy atom. The molecule has 4 amide bonds. The number of rotatable bonds is 12. The molecule has 21 nitrogen and oxygen atoms in total. The number of hydrogen-bond acceptors (Lipinski definition) is 16. The average Bonchev–Trinajstić information content (AvgIpc) is 1.59. The van der Waals surface area contributed by atoms with E-state index >= 15 is 0 Å². The van der Waals surface area contributed by atoms with Crippen molar-refractivity contribution in [2.45, 2.75) is 92.0 Å². The van der Waals surface area contributed by atoms with E-state index in [-0.39, 0.29) is 36.4 Å². The normalized spacial score (nSPS) is 13.8. The summed E-state index contributed by atoms with van der Waals surface area (Å²) in [7, 11) is 0. The van der Waals surface area contributed by atoms with Crippen molar-refractivity contribution in [1.29, 1.82) is 0 Å². The summed E-state index contributed by atoms with van der Waals surface area (Å²) in [5.41, 5.74) is 15.2. The van der Waals surface area contributed by atoms with Gasteiger partial charge in [-0.05, 0) is 164 Å². The molecule has 2 atom stereocenters. The Morgan fingerprint density at radius 1 is 0.505 bits per heavy atom. The summed E-state index contributed by atoms with van der Waals surface area (Å²) in [6.45, 7) is 15.0. The van der Waals surface area contributed by atoms with Crippen LogP contribution in [0.1, 0.15) is 121 Å². The number of ether oxygens (including phenoxy) is 6. The monoisotopic (exact) mass is 1290 g/mol. The van der Waals surface area contributed by atoms with Gasteiger partial charge >= 0.3 is 12.2 Å². The zero-order chi connectivity index (χ0) is 67.1. The minimum atomic E-state index is -0.935. The largest absolute Gasteiger partial charge is 0.457 e. The van der Waals surface area contributed by atoms with Crippen molar-refractivity contribution in [2.75, 3.05) is 21.3 Å². The van der Waals surface area contributed by atoms with Gasteiger partial charge < -0.3 is 53.9 Å². The first-order chi connectivity index (χ1) is 45.6. The number of aromatic nitrogens is 6. The molecule has 6 heterocycles. The van der Waals surface area contributed by atoms with Crippen molar-refractivity contribution in [3.63, 3.8) is 0 Å². The molecule has 0 fully saturated rings. The Balaban J connectivity index is 0.000000177. The molecule has 4 N–H and O–H groups in total. The lowest BCUT2D eigenvalue weighted by molar-refractivity contribution is 0.0428. The number of nitrogens with zero attached hydrogens (tertiary/aromatic N) is 7. The smallest absolute Gasteiger partial charge is 0.425 e. The van der Waals surface area contributed by atoms with Gasteiger partial charge in [-0.15, -0.1) is 0 Å². The number of carbonyl (C=O) groups excluding carboxylic acids is 5. The molecular formula is C73H67ClN10O11. The molecule has 2 unspecified atom stereocenters. The Kier molecular flexibility index (Phi) is 19.2. The molecule has 0 radical (unpaired) electrons. The summed E-state index contributed by atoms with van der Waals surface area (Å²) in [6, 6.07) is 56.2. The molecule has 13 rings (SSSR count). The van der Waals surface area contributed by atoms with Crippen LogP contribution in [0.15, 0.2) is 201 Å². The Hall–Kier alpha value is -11.3. The zero-order valence-electron chi connectivity index (χ0n) is 53.2. The minimum absolute atomic E-state index is 0.00907. The number of nitrogen functional groups attached to an aromatic ring is 1. The first-order valence-corrected chi connectivity index (χ1v) is 30.7. The van der Waals surface area contributed by atoms with Crippen LogP contribution in [0.25, 0.3) is 33.4 Å². The molecule has 482 valence electrons. The first-order valence-electron chi connectivity index (χ1n) is 30.3. The van der Waals surface area contributed by atoms with E-state index < -0.39 is 28.6 Å². The highest BCUT2D eigenvalue weighted by molar-refractivity contribution is 6.67. The molecule has 0 aliphatic carbocycles. The fraction of sp³-hybridized carbons (Fsp3) is 0.192. The van der Waals surface area contributed by atoms with Gasteiger partial charge in [0.2, 0.25) is 0 Å². The summed E-state index contributed by atoms with van der Waals surface area (Å²) in [5, 5.41) is 5.39. The molecule has 95 heavy (non-hydrogen) atoms. The molecule has 7 aromatic carbocycles. The van der Waals surface area contributed by atoms with Crippen molar-refractivity contribution in [3.8, 4) is 34.4 Å². The van der Waals surface area contributed by atoms with Gasteiger partial charge in [0.1, 0.15) is 68.9 Å². The van der Waals surface area contributed by atoms with Gasteiger partial charge in [-0.3, -0.25) is 14.4 Å². The number of carbonyl (C=O) groups is 5. The SMILES string of the molecule is CC1OCc2c1c1ncnc(N(C(=O)OC(C)(C)C)C(=O)OC(C)(C)C)c1n2-c1ccc(Oc2cccc(NC(=O)c3ccccc3)c2)cc1.CC1OCc2c1c1ncnc(N)c1n2-c1ccc(Oc2cccc(NC(=O)c3ccccc3)c2)cc1.O=C(Cl)c1ccccc1. The van der Waals surface area contributed by atoms with Gasteiger partial charge in [-0.25, -0.2) is 29.5 Å². The van der Waals surface area contributed by atoms with Crippen LogP contribution >= 0.6 is 11.6 Å². The molecule has 2 aliphatic rings. The van der Waals surface area contributed by atoms with Crippen LogP contribution in [0.5, 0.6) is 23.0 Å². The van der Waals surface area contributed by atoms with Crippen molar-refractivity contribution in [3.05, 3.63) is 240 Å². The van der Waals surface area contributed by atoms with Crippen LogP contribution in [-0.2, 0) is 32.2 Å². The van der Waals surface area contributed by atoms with Gasteiger partial charge in [-0.2, -0.15) is 4.90 Å². The van der Waals surface area contributed by atoms with Crippen LogP contribution in [0.4, 0.5) is 32.6 Å². The summed E-state index contributed by atoms with van der Waals surface area (Å²) >= 11 is 5.16. The molecule has 4 aromatic heterocycles. The van der Waals surface area contributed by atoms with E-state index in [1.54, 1.807) is 133 Å². The molecule has 0 bridgehead atoms. The van der Waals surface area contributed by atoms with Crippen molar-refractivity contribution in [2.24, 2.45) is 0 Å². The second kappa shape index (κ2) is 27.9. The molecule has 0 saturated heterocycles.